The summed E-state index contributed by atoms with van der Waals surface area (Å²) in [5, 5.41) is 20.8. The molecule has 0 heterocycles. The predicted molar refractivity (Wildman–Crippen MR) is 47.9 cm³/mol. The van der Waals surface area contributed by atoms with Crippen LogP contribution in [0.2, 0.25) is 0 Å². The summed E-state index contributed by atoms with van der Waals surface area (Å²) in [6, 6.07) is 0.389. The van der Waals surface area contributed by atoms with Crippen molar-refractivity contribution in [3.63, 3.8) is 0 Å². The van der Waals surface area contributed by atoms with E-state index in [4.69, 9.17) is 10.2 Å². The first-order valence-electron chi connectivity index (χ1n) is 4.52. The standard InChI is InChI=1S/C9H17NO2/c11-7-9(12)6-10-8-4-2-1-3-5-8/h2,4,8-12H,1,3,5-7H2. The molecule has 12 heavy (non-hydrogen) atoms. The van der Waals surface area contributed by atoms with Gasteiger partial charge in [-0.25, -0.2) is 0 Å². The predicted octanol–water partition coefficient (Wildman–Crippen LogP) is 0.0379. The minimum absolute atomic E-state index is 0.163. The Balaban J connectivity index is 2.13. The maximum absolute atomic E-state index is 9.05. The smallest absolute Gasteiger partial charge is 0.0895 e. The van der Waals surface area contributed by atoms with Gasteiger partial charge in [0.25, 0.3) is 0 Å². The van der Waals surface area contributed by atoms with Crippen LogP contribution in [0.15, 0.2) is 12.2 Å². The first-order valence-corrected chi connectivity index (χ1v) is 4.52. The summed E-state index contributed by atoms with van der Waals surface area (Å²) >= 11 is 0. The minimum Gasteiger partial charge on any atom is -0.394 e. The van der Waals surface area contributed by atoms with Crippen molar-refractivity contribution >= 4 is 0 Å². The molecule has 2 unspecified atom stereocenters. The fourth-order valence-corrected chi connectivity index (χ4v) is 1.33. The summed E-state index contributed by atoms with van der Waals surface area (Å²) in [5.74, 6) is 0. The summed E-state index contributed by atoms with van der Waals surface area (Å²) in [6.07, 6.45) is 7.18. The average molecular weight is 171 g/mol. The molecule has 70 valence electrons. The topological polar surface area (TPSA) is 52.5 Å². The maximum Gasteiger partial charge on any atom is 0.0895 e. The quantitative estimate of drug-likeness (QED) is 0.523. The SMILES string of the molecule is OCC(O)CNC1C=CCCC1. The lowest BCUT2D eigenvalue weighted by molar-refractivity contribution is 0.0927. The van der Waals surface area contributed by atoms with Crippen molar-refractivity contribution in [1.82, 2.24) is 5.32 Å². The van der Waals surface area contributed by atoms with Gasteiger partial charge in [0.05, 0.1) is 12.7 Å². The van der Waals surface area contributed by atoms with Crippen molar-refractivity contribution in [2.24, 2.45) is 0 Å². The van der Waals surface area contributed by atoms with E-state index in [0.717, 1.165) is 6.42 Å². The lowest BCUT2D eigenvalue weighted by Gasteiger charge is -2.19. The Morgan fingerprint density at radius 3 is 3.00 bits per heavy atom. The number of nitrogens with one attached hydrogen (secondary N) is 1. The molecule has 0 amide bonds. The minimum atomic E-state index is -0.625. The van der Waals surface area contributed by atoms with Gasteiger partial charge in [-0.1, -0.05) is 12.2 Å². The number of rotatable bonds is 4. The number of allylic oxidation sites excluding steroid dienone is 1. The number of hydrogen-bond acceptors (Lipinski definition) is 3. The number of hydrogen-bond donors (Lipinski definition) is 3. The zero-order valence-electron chi connectivity index (χ0n) is 7.24. The highest BCUT2D eigenvalue weighted by Gasteiger charge is 2.09. The summed E-state index contributed by atoms with van der Waals surface area (Å²) in [6.45, 7) is 0.314. The van der Waals surface area contributed by atoms with Crippen LogP contribution in [0, 0.1) is 0 Å². The molecule has 3 heteroatoms. The Morgan fingerprint density at radius 1 is 1.58 bits per heavy atom. The molecular weight excluding hydrogens is 154 g/mol. The van der Waals surface area contributed by atoms with Gasteiger partial charge in [-0.15, -0.1) is 0 Å². The largest absolute Gasteiger partial charge is 0.394 e. The van der Waals surface area contributed by atoms with Gasteiger partial charge >= 0.3 is 0 Å². The van der Waals surface area contributed by atoms with Crippen molar-refractivity contribution in [2.75, 3.05) is 13.2 Å². The molecule has 1 aliphatic rings. The Kier molecular flexibility index (Phi) is 4.29. The molecule has 0 fully saturated rings. The fraction of sp³-hybridized carbons (Fsp3) is 0.778. The van der Waals surface area contributed by atoms with Crippen molar-refractivity contribution < 1.29 is 10.2 Å². The molecule has 0 aliphatic heterocycles. The van der Waals surface area contributed by atoms with E-state index in [1.807, 2.05) is 0 Å². The molecule has 1 rings (SSSR count). The van der Waals surface area contributed by atoms with Crippen LogP contribution in [0.4, 0.5) is 0 Å². The fourth-order valence-electron chi connectivity index (χ4n) is 1.33. The summed E-state index contributed by atoms with van der Waals surface area (Å²) in [5.41, 5.74) is 0. The zero-order valence-corrected chi connectivity index (χ0v) is 7.24. The lowest BCUT2D eigenvalue weighted by atomic mass is 10.0. The van der Waals surface area contributed by atoms with Gasteiger partial charge in [-0.2, -0.15) is 0 Å². The van der Waals surface area contributed by atoms with Crippen LogP contribution in [0.25, 0.3) is 0 Å². The molecular formula is C9H17NO2. The van der Waals surface area contributed by atoms with Crippen LogP contribution in [0.3, 0.4) is 0 Å². The second kappa shape index (κ2) is 5.30. The molecule has 0 radical (unpaired) electrons. The molecule has 0 saturated heterocycles. The van der Waals surface area contributed by atoms with E-state index in [0.29, 0.717) is 12.6 Å². The number of aliphatic hydroxyl groups is 2. The Hall–Kier alpha value is -0.380. The Morgan fingerprint density at radius 2 is 2.42 bits per heavy atom. The van der Waals surface area contributed by atoms with E-state index >= 15 is 0 Å². The van der Waals surface area contributed by atoms with E-state index < -0.39 is 6.10 Å². The zero-order chi connectivity index (χ0) is 8.81. The highest BCUT2D eigenvalue weighted by Crippen LogP contribution is 2.09. The second-order valence-electron chi connectivity index (χ2n) is 3.21. The molecule has 3 N–H and O–H groups in total. The van der Waals surface area contributed by atoms with E-state index in [1.165, 1.54) is 12.8 Å². The first-order chi connectivity index (χ1) is 5.83. The van der Waals surface area contributed by atoms with Gasteiger partial charge in [-0.3, -0.25) is 0 Å². The van der Waals surface area contributed by atoms with Crippen molar-refractivity contribution in [3.8, 4) is 0 Å². The highest BCUT2D eigenvalue weighted by molar-refractivity contribution is 4.97. The van der Waals surface area contributed by atoms with Gasteiger partial charge in [0.15, 0.2) is 0 Å². The van der Waals surface area contributed by atoms with E-state index in [9.17, 15) is 0 Å². The summed E-state index contributed by atoms with van der Waals surface area (Å²) in [7, 11) is 0. The van der Waals surface area contributed by atoms with Gasteiger partial charge in [0.1, 0.15) is 0 Å². The molecule has 0 aromatic heterocycles. The van der Waals surface area contributed by atoms with Gasteiger partial charge in [-0.05, 0) is 19.3 Å². The normalized spacial score (nSPS) is 25.7. The van der Waals surface area contributed by atoms with Crippen LogP contribution >= 0.6 is 0 Å². The summed E-state index contributed by atoms with van der Waals surface area (Å²) < 4.78 is 0. The van der Waals surface area contributed by atoms with Crippen molar-refractivity contribution in [1.29, 1.82) is 0 Å². The van der Waals surface area contributed by atoms with Gasteiger partial charge in [0, 0.05) is 12.6 Å². The number of aliphatic hydroxyl groups excluding tert-OH is 2. The Labute approximate surface area is 73.1 Å². The van der Waals surface area contributed by atoms with E-state index in [-0.39, 0.29) is 6.61 Å². The van der Waals surface area contributed by atoms with Crippen molar-refractivity contribution in [3.05, 3.63) is 12.2 Å². The third-order valence-electron chi connectivity index (χ3n) is 2.08. The van der Waals surface area contributed by atoms with E-state index in [2.05, 4.69) is 17.5 Å². The highest BCUT2D eigenvalue weighted by atomic mass is 16.3. The van der Waals surface area contributed by atoms with Crippen LogP contribution in [-0.4, -0.2) is 35.5 Å². The molecule has 1 aliphatic carbocycles. The molecule has 0 aromatic rings. The average Bonchev–Trinajstić information content (AvgIpc) is 2.16. The third-order valence-corrected chi connectivity index (χ3v) is 2.08. The molecule has 3 nitrogen and oxygen atoms in total. The van der Waals surface area contributed by atoms with Gasteiger partial charge in [0.2, 0.25) is 0 Å². The Bertz CT molecular complexity index is 147. The van der Waals surface area contributed by atoms with Crippen LogP contribution < -0.4 is 5.32 Å². The maximum atomic E-state index is 9.05. The molecule has 0 bridgehead atoms. The van der Waals surface area contributed by atoms with Crippen LogP contribution in [0.1, 0.15) is 19.3 Å². The van der Waals surface area contributed by atoms with Gasteiger partial charge < -0.3 is 15.5 Å². The monoisotopic (exact) mass is 171 g/mol. The van der Waals surface area contributed by atoms with Crippen LogP contribution in [0.5, 0.6) is 0 Å². The van der Waals surface area contributed by atoms with Crippen molar-refractivity contribution in [2.45, 2.75) is 31.4 Å². The van der Waals surface area contributed by atoms with E-state index in [1.54, 1.807) is 0 Å². The molecule has 0 spiro atoms. The third kappa shape index (κ3) is 3.34. The molecule has 2 atom stereocenters. The van der Waals surface area contributed by atoms with Crippen LogP contribution in [-0.2, 0) is 0 Å². The molecule has 0 saturated carbocycles. The lowest BCUT2D eigenvalue weighted by Crippen LogP contribution is -2.36. The first kappa shape index (κ1) is 9.71. The molecule has 0 aromatic carbocycles. The second-order valence-corrected chi connectivity index (χ2v) is 3.21. The summed E-state index contributed by atoms with van der Waals surface area (Å²) in [4.78, 5) is 0.